The third-order valence-electron chi connectivity index (χ3n) is 6.72. The molecule has 5 rings (SSSR count). The van der Waals surface area contributed by atoms with Crippen LogP contribution in [0.4, 0.5) is 0 Å². The molecule has 5 fully saturated rings. The number of carbonyl (C=O) groups excluding carboxylic acids is 2. The molecule has 0 aromatic carbocycles. The fraction of sp³-hybridized carbons (Fsp3) is 0.857. The molecule has 5 saturated carbocycles. The number of Topliss-reactive ketones (excluding diaryl/α,β-unsaturated/α-hetero) is 2. The van der Waals surface area contributed by atoms with Gasteiger partial charge in [-0.05, 0) is 48.3 Å². The molecule has 2 heteroatoms. The van der Waals surface area contributed by atoms with Crippen LogP contribution in [0.25, 0.3) is 0 Å². The van der Waals surface area contributed by atoms with Crippen molar-refractivity contribution < 1.29 is 9.59 Å². The Labute approximate surface area is 94.8 Å². The van der Waals surface area contributed by atoms with Crippen molar-refractivity contribution in [2.24, 2.45) is 47.3 Å². The Bertz CT molecular complexity index is 388. The van der Waals surface area contributed by atoms with Crippen LogP contribution < -0.4 is 0 Å². The molecule has 0 aromatic heterocycles. The van der Waals surface area contributed by atoms with Crippen molar-refractivity contribution in [2.45, 2.75) is 25.7 Å². The summed E-state index contributed by atoms with van der Waals surface area (Å²) >= 11 is 0. The first-order chi connectivity index (χ1) is 7.75. The van der Waals surface area contributed by atoms with E-state index in [0.29, 0.717) is 47.1 Å². The summed E-state index contributed by atoms with van der Waals surface area (Å²) in [7, 11) is 0. The van der Waals surface area contributed by atoms with Gasteiger partial charge in [0.05, 0.1) is 0 Å². The summed E-state index contributed by atoms with van der Waals surface area (Å²) in [5, 5.41) is 0. The van der Waals surface area contributed by atoms with Gasteiger partial charge in [0.25, 0.3) is 0 Å². The smallest absolute Gasteiger partial charge is 0.136 e. The first-order valence-electron chi connectivity index (χ1n) is 6.81. The quantitative estimate of drug-likeness (QED) is 0.617. The maximum atomic E-state index is 12.0. The molecule has 0 spiro atoms. The van der Waals surface area contributed by atoms with Crippen LogP contribution in [0.1, 0.15) is 25.7 Å². The van der Waals surface area contributed by atoms with Crippen molar-refractivity contribution in [1.29, 1.82) is 0 Å². The van der Waals surface area contributed by atoms with Gasteiger partial charge in [0.1, 0.15) is 11.6 Å². The van der Waals surface area contributed by atoms with E-state index in [2.05, 4.69) is 0 Å². The SMILES string of the molecule is O=C1C[C@@H]2[C@@H]3CC(=O)[C@@H]4CC5C[C@H]1[C@H]2C5[C@H]34. The van der Waals surface area contributed by atoms with Gasteiger partial charge in [-0.1, -0.05) is 0 Å². The molecule has 0 amide bonds. The molecule has 0 radical (unpaired) electrons. The van der Waals surface area contributed by atoms with Gasteiger partial charge in [0.2, 0.25) is 0 Å². The lowest BCUT2D eigenvalue weighted by atomic mass is 9.88. The third kappa shape index (κ3) is 0.663. The predicted molar refractivity (Wildman–Crippen MR) is 56.4 cm³/mol. The van der Waals surface area contributed by atoms with Crippen LogP contribution in [0.3, 0.4) is 0 Å². The Hall–Kier alpha value is -0.660. The topological polar surface area (TPSA) is 34.1 Å². The average molecular weight is 216 g/mol. The number of hydrogen-bond acceptors (Lipinski definition) is 2. The summed E-state index contributed by atoms with van der Waals surface area (Å²) in [5.41, 5.74) is 0. The molecule has 2 nitrogen and oxygen atoms in total. The van der Waals surface area contributed by atoms with Gasteiger partial charge in [0, 0.05) is 24.7 Å². The standard InChI is InChI=1S/C14H16O2/c15-10-3-6-7-4-11(16)9-2-5-1-8(10)13(6)12(5)14(7)9/h5-9,12-14H,1-4H2/t5?,6-,7+,8-,9+,12?,13+,14-. The Balaban J connectivity index is 1.70. The highest BCUT2D eigenvalue weighted by Crippen LogP contribution is 2.72. The highest BCUT2D eigenvalue weighted by Gasteiger charge is 2.71. The number of ketones is 2. The lowest BCUT2D eigenvalue weighted by Crippen LogP contribution is -2.17. The highest BCUT2D eigenvalue weighted by molar-refractivity contribution is 5.88. The van der Waals surface area contributed by atoms with Gasteiger partial charge >= 0.3 is 0 Å². The van der Waals surface area contributed by atoms with Crippen molar-refractivity contribution >= 4 is 11.6 Å². The monoisotopic (exact) mass is 216 g/mol. The molecule has 2 unspecified atom stereocenters. The van der Waals surface area contributed by atoms with E-state index in [-0.39, 0.29) is 0 Å². The van der Waals surface area contributed by atoms with Crippen LogP contribution in [-0.2, 0) is 9.59 Å². The Morgan fingerprint density at radius 1 is 0.750 bits per heavy atom. The molecule has 5 aliphatic carbocycles. The number of hydrogen-bond donors (Lipinski definition) is 0. The molecule has 5 aliphatic rings. The molecule has 0 aliphatic heterocycles. The van der Waals surface area contributed by atoms with Gasteiger partial charge in [-0.3, -0.25) is 9.59 Å². The van der Waals surface area contributed by atoms with Crippen LogP contribution in [0.5, 0.6) is 0 Å². The lowest BCUT2D eigenvalue weighted by molar-refractivity contribution is -0.121. The highest BCUT2D eigenvalue weighted by atomic mass is 16.1. The van der Waals surface area contributed by atoms with E-state index in [0.717, 1.165) is 37.5 Å². The molecule has 0 saturated heterocycles. The van der Waals surface area contributed by atoms with Crippen LogP contribution in [-0.4, -0.2) is 11.6 Å². The minimum Gasteiger partial charge on any atom is -0.299 e. The van der Waals surface area contributed by atoms with Crippen LogP contribution in [0.2, 0.25) is 0 Å². The molecule has 8 atom stereocenters. The molecular formula is C14H16O2. The summed E-state index contributed by atoms with van der Waals surface area (Å²) in [6.07, 6.45) is 3.91. The Morgan fingerprint density at radius 3 is 1.75 bits per heavy atom. The Kier molecular flexibility index (Phi) is 1.21. The molecule has 0 N–H and O–H groups in total. The summed E-state index contributed by atoms with van der Waals surface area (Å²) in [6, 6.07) is 0. The maximum Gasteiger partial charge on any atom is 0.136 e. The zero-order valence-electron chi connectivity index (χ0n) is 9.26. The van der Waals surface area contributed by atoms with Gasteiger partial charge in [-0.25, -0.2) is 0 Å². The summed E-state index contributed by atoms with van der Waals surface area (Å²) < 4.78 is 0. The third-order valence-corrected chi connectivity index (χ3v) is 6.72. The van der Waals surface area contributed by atoms with Crippen molar-refractivity contribution in [3.05, 3.63) is 0 Å². The first-order valence-corrected chi connectivity index (χ1v) is 6.81. The van der Waals surface area contributed by atoms with E-state index in [9.17, 15) is 9.59 Å². The second-order valence-electron chi connectivity index (χ2n) is 6.85. The Morgan fingerprint density at radius 2 is 1.25 bits per heavy atom. The maximum absolute atomic E-state index is 12.0. The predicted octanol–water partition coefficient (Wildman–Crippen LogP) is 1.68. The molecular weight excluding hydrogens is 200 g/mol. The van der Waals surface area contributed by atoms with E-state index < -0.39 is 0 Å². The van der Waals surface area contributed by atoms with E-state index in [1.807, 2.05) is 0 Å². The van der Waals surface area contributed by atoms with E-state index in [4.69, 9.17) is 0 Å². The number of carbonyl (C=O) groups is 2. The first kappa shape index (κ1) is 8.43. The lowest BCUT2D eigenvalue weighted by Gasteiger charge is -2.15. The van der Waals surface area contributed by atoms with Crippen molar-refractivity contribution in [3.63, 3.8) is 0 Å². The van der Waals surface area contributed by atoms with Gasteiger partial charge in [-0.2, -0.15) is 0 Å². The van der Waals surface area contributed by atoms with Crippen LogP contribution in [0, 0.1) is 47.3 Å². The van der Waals surface area contributed by atoms with Crippen molar-refractivity contribution in [1.82, 2.24) is 0 Å². The fourth-order valence-electron chi connectivity index (χ4n) is 6.57. The number of rotatable bonds is 0. The molecule has 0 aromatic rings. The van der Waals surface area contributed by atoms with Crippen molar-refractivity contribution in [2.75, 3.05) is 0 Å². The zero-order valence-corrected chi connectivity index (χ0v) is 9.26. The molecule has 0 bridgehead atoms. The van der Waals surface area contributed by atoms with Gasteiger partial charge in [0.15, 0.2) is 0 Å². The van der Waals surface area contributed by atoms with Crippen LogP contribution in [0.15, 0.2) is 0 Å². The van der Waals surface area contributed by atoms with E-state index in [1.165, 1.54) is 0 Å². The summed E-state index contributed by atoms with van der Waals surface area (Å²) in [6.45, 7) is 0. The second kappa shape index (κ2) is 2.30. The van der Waals surface area contributed by atoms with Crippen molar-refractivity contribution in [3.8, 4) is 0 Å². The fourth-order valence-corrected chi connectivity index (χ4v) is 6.57. The molecule has 16 heavy (non-hydrogen) atoms. The average Bonchev–Trinajstić information content (AvgIpc) is 2.91. The summed E-state index contributed by atoms with van der Waals surface area (Å²) in [4.78, 5) is 24.0. The summed E-state index contributed by atoms with van der Waals surface area (Å²) in [5.74, 6) is 6.10. The molecule has 0 heterocycles. The van der Waals surface area contributed by atoms with E-state index in [1.54, 1.807) is 0 Å². The number of fused-ring (bicyclic) bond motifs is 1. The zero-order chi connectivity index (χ0) is 10.6. The van der Waals surface area contributed by atoms with Crippen LogP contribution >= 0.6 is 0 Å². The van der Waals surface area contributed by atoms with Gasteiger partial charge < -0.3 is 0 Å². The second-order valence-corrected chi connectivity index (χ2v) is 6.85. The van der Waals surface area contributed by atoms with Gasteiger partial charge in [-0.15, -0.1) is 0 Å². The van der Waals surface area contributed by atoms with E-state index >= 15 is 0 Å². The molecule has 84 valence electrons. The normalized spacial score (nSPS) is 64.8. The minimum absolute atomic E-state index is 0.418. The largest absolute Gasteiger partial charge is 0.299 e. The minimum atomic E-state index is 0.418.